The summed E-state index contributed by atoms with van der Waals surface area (Å²) in [5.41, 5.74) is 1.41. The normalized spacial score (nSPS) is 15.7. The molecule has 2 aliphatic rings. The van der Waals surface area contributed by atoms with Gasteiger partial charge in [0.1, 0.15) is 0 Å². The Bertz CT molecular complexity index is 255. The molecule has 80 valence electrons. The zero-order valence-electron chi connectivity index (χ0n) is 11.4. The molecule has 1 heteroatoms. The van der Waals surface area contributed by atoms with Crippen LogP contribution in [0.3, 0.4) is 0 Å². The van der Waals surface area contributed by atoms with Crippen LogP contribution in [0.15, 0.2) is 36.0 Å². The zero-order chi connectivity index (χ0) is 10.1. The van der Waals surface area contributed by atoms with Crippen LogP contribution in [0.2, 0.25) is 0 Å². The van der Waals surface area contributed by atoms with Crippen LogP contribution in [0.25, 0.3) is 0 Å². The van der Waals surface area contributed by atoms with Gasteiger partial charge in [-0.3, -0.25) is 12.2 Å². The van der Waals surface area contributed by atoms with Gasteiger partial charge < -0.3 is 2.85 Å². The van der Waals surface area contributed by atoms with E-state index in [4.69, 9.17) is 0 Å². The summed E-state index contributed by atoms with van der Waals surface area (Å²) in [6.45, 7) is 2.22. The molecule has 2 rings (SSSR count). The van der Waals surface area contributed by atoms with Crippen molar-refractivity contribution in [3.8, 4) is 0 Å². The summed E-state index contributed by atoms with van der Waals surface area (Å²) >= 11 is 0. The summed E-state index contributed by atoms with van der Waals surface area (Å²) in [6.07, 6.45) is 22.5. The minimum Gasteiger partial charge on any atom is -1.00 e. The second-order valence-corrected chi connectivity index (χ2v) is 3.42. The molecule has 15 heavy (non-hydrogen) atoms. The van der Waals surface area contributed by atoms with Crippen LogP contribution in [-0.4, -0.2) is 0 Å². The summed E-state index contributed by atoms with van der Waals surface area (Å²) in [5.74, 6) is 0. The standard InChI is InChI=1S/C9H13.C5H5.Ti.2H/c1-2-3-6-9-7-4-5-8-9;1-2-4-5-3-1;;;/h4,7H,2-3,5-6H2,1H3;1-3H,4H2;;;/q2*-1;+4;2*-1. The predicted molar refractivity (Wildman–Crippen MR) is 63.8 cm³/mol. The fourth-order valence-electron chi connectivity index (χ4n) is 1.33. The van der Waals surface area contributed by atoms with Crippen molar-refractivity contribution in [2.45, 2.75) is 39.0 Å². The molecule has 0 spiro atoms. The maximum Gasteiger partial charge on any atom is 4.00 e. The molecule has 0 amide bonds. The van der Waals surface area contributed by atoms with E-state index in [9.17, 15) is 0 Å². The Morgan fingerprint density at radius 3 is 2.60 bits per heavy atom. The molecule has 0 aromatic rings. The second kappa shape index (κ2) is 10.2. The maximum absolute atomic E-state index is 3.30. The number of unbranched alkanes of at least 4 members (excludes halogenated alkanes) is 1. The predicted octanol–water partition coefficient (Wildman–Crippen LogP) is 4.39. The molecule has 0 saturated heterocycles. The monoisotopic (exact) mass is 236 g/mol. The molecule has 2 aliphatic carbocycles. The van der Waals surface area contributed by atoms with Gasteiger partial charge in [-0.2, -0.15) is 12.2 Å². The maximum atomic E-state index is 3.30. The van der Waals surface area contributed by atoms with E-state index in [1.807, 2.05) is 12.2 Å². The van der Waals surface area contributed by atoms with Gasteiger partial charge in [0.2, 0.25) is 0 Å². The van der Waals surface area contributed by atoms with Crippen LogP contribution in [0.1, 0.15) is 41.9 Å². The van der Waals surface area contributed by atoms with E-state index >= 15 is 0 Å². The molecule has 0 bridgehead atoms. The van der Waals surface area contributed by atoms with Gasteiger partial charge in [-0.25, -0.2) is 23.8 Å². The van der Waals surface area contributed by atoms with Crippen molar-refractivity contribution >= 4 is 0 Å². The van der Waals surface area contributed by atoms with Gasteiger partial charge in [0.15, 0.2) is 0 Å². The van der Waals surface area contributed by atoms with Crippen molar-refractivity contribution in [1.82, 2.24) is 0 Å². The molecule has 0 N–H and O–H groups in total. The van der Waals surface area contributed by atoms with Crippen molar-refractivity contribution in [3.05, 3.63) is 48.1 Å². The van der Waals surface area contributed by atoms with E-state index < -0.39 is 0 Å². The Balaban J connectivity index is -0.000000216. The van der Waals surface area contributed by atoms with Crippen molar-refractivity contribution in [2.24, 2.45) is 0 Å². The van der Waals surface area contributed by atoms with Crippen LogP contribution in [0.4, 0.5) is 0 Å². The largest absolute Gasteiger partial charge is 4.00 e. The third-order valence-electron chi connectivity index (χ3n) is 2.15. The van der Waals surface area contributed by atoms with E-state index in [2.05, 4.69) is 37.3 Å². The van der Waals surface area contributed by atoms with Crippen LogP contribution < -0.4 is 0 Å². The summed E-state index contributed by atoms with van der Waals surface area (Å²) in [7, 11) is 0. The molecule has 0 nitrogen and oxygen atoms in total. The van der Waals surface area contributed by atoms with E-state index in [0.29, 0.717) is 0 Å². The average molecular weight is 236 g/mol. The molecule has 0 saturated carbocycles. The Morgan fingerprint density at radius 1 is 1.33 bits per heavy atom. The number of hydrogen-bond donors (Lipinski definition) is 0. The molecule has 0 aromatic carbocycles. The van der Waals surface area contributed by atoms with Gasteiger partial charge in [0, 0.05) is 0 Å². The van der Waals surface area contributed by atoms with Gasteiger partial charge >= 0.3 is 21.7 Å². The van der Waals surface area contributed by atoms with Crippen molar-refractivity contribution in [2.75, 3.05) is 0 Å². The van der Waals surface area contributed by atoms with Gasteiger partial charge in [0.25, 0.3) is 0 Å². The second-order valence-electron chi connectivity index (χ2n) is 3.42. The van der Waals surface area contributed by atoms with E-state index in [1.54, 1.807) is 0 Å². The van der Waals surface area contributed by atoms with Gasteiger partial charge in [-0.15, -0.1) is 12.8 Å². The van der Waals surface area contributed by atoms with Crippen LogP contribution >= 0.6 is 0 Å². The van der Waals surface area contributed by atoms with Crippen molar-refractivity contribution < 1.29 is 24.6 Å². The van der Waals surface area contributed by atoms with E-state index in [-0.39, 0.29) is 24.6 Å². The summed E-state index contributed by atoms with van der Waals surface area (Å²) in [6, 6.07) is 0. The Hall–Kier alpha value is -0.326. The third kappa shape index (κ3) is 7.59. The van der Waals surface area contributed by atoms with Gasteiger partial charge in [-0.05, 0) is 0 Å². The van der Waals surface area contributed by atoms with Crippen molar-refractivity contribution in [1.29, 1.82) is 0 Å². The molecule has 0 radical (unpaired) electrons. The summed E-state index contributed by atoms with van der Waals surface area (Å²) in [4.78, 5) is 0. The Labute approximate surface area is 112 Å². The first-order valence-electron chi connectivity index (χ1n) is 5.41. The van der Waals surface area contributed by atoms with Crippen LogP contribution in [0.5, 0.6) is 0 Å². The molecular formula is C14H20Ti. The quantitative estimate of drug-likeness (QED) is 0.503. The molecule has 0 fully saturated rings. The molecule has 0 unspecified atom stereocenters. The number of rotatable bonds is 3. The minimum absolute atomic E-state index is 0. The average Bonchev–Trinajstić information content (AvgIpc) is 2.90. The first-order valence-corrected chi connectivity index (χ1v) is 5.41. The van der Waals surface area contributed by atoms with Gasteiger partial charge in [-0.1, -0.05) is 26.2 Å². The Kier molecular flexibility index (Phi) is 9.98. The Morgan fingerprint density at radius 2 is 2.20 bits per heavy atom. The number of allylic oxidation sites excluding steroid dienone is 8. The molecule has 0 aliphatic heterocycles. The van der Waals surface area contributed by atoms with Gasteiger partial charge in [0.05, 0.1) is 0 Å². The summed E-state index contributed by atoms with van der Waals surface area (Å²) < 4.78 is 0. The smallest absolute Gasteiger partial charge is 1.00 e. The molecule has 0 aromatic heterocycles. The van der Waals surface area contributed by atoms with Crippen molar-refractivity contribution in [3.63, 3.8) is 0 Å². The van der Waals surface area contributed by atoms with Crippen LogP contribution in [-0.2, 0) is 21.7 Å². The topological polar surface area (TPSA) is 0 Å². The van der Waals surface area contributed by atoms with E-state index in [1.165, 1.54) is 24.8 Å². The zero-order valence-corrected chi connectivity index (χ0v) is 11.0. The fourth-order valence-corrected chi connectivity index (χ4v) is 1.33. The molecule has 0 atom stereocenters. The summed E-state index contributed by atoms with van der Waals surface area (Å²) in [5, 5.41) is 0. The molecule has 0 heterocycles. The van der Waals surface area contributed by atoms with E-state index in [0.717, 1.165) is 12.8 Å². The fraction of sp³-hybridized carbons (Fsp3) is 0.429. The first-order chi connectivity index (χ1) is 6.93. The number of hydrogen-bond acceptors (Lipinski definition) is 0. The third-order valence-corrected chi connectivity index (χ3v) is 2.15. The SMILES string of the molecule is CCCCC1=[C-]CC=C1.[C-]1=CC=CC1.[H-].[H-].[Ti+4]. The minimum atomic E-state index is 0. The molecular weight excluding hydrogens is 216 g/mol. The first kappa shape index (κ1) is 14.7. The van der Waals surface area contributed by atoms with Crippen LogP contribution in [0, 0.1) is 12.2 Å².